The van der Waals surface area contributed by atoms with Crippen LogP contribution in [-0.4, -0.2) is 28.9 Å². The number of oxazole rings is 1. The number of likely N-dealkylation sites (tertiary alicyclic amines) is 1. The topological polar surface area (TPSA) is 58.4 Å². The van der Waals surface area contributed by atoms with E-state index < -0.39 is 0 Å². The van der Waals surface area contributed by atoms with E-state index in [9.17, 15) is 4.79 Å². The smallest absolute Gasteiger partial charge is 0.226 e. The maximum Gasteiger partial charge on any atom is 0.226 e. The Balaban J connectivity index is 1.35. The molecule has 0 unspecified atom stereocenters. The van der Waals surface area contributed by atoms with Crippen LogP contribution in [0.25, 0.3) is 11.5 Å². The highest BCUT2D eigenvalue weighted by Crippen LogP contribution is 2.26. The van der Waals surface area contributed by atoms with Crippen LogP contribution in [0.4, 0.5) is 0 Å². The standard InChI is InChI=1S/C24H25Cl2N3O2/c1-16-22(28-24(31-16)18-4-2-6-21(26)12-18)15-29-11-3-5-19(14-29)23(30)27-13-17-7-9-20(25)10-8-17/h2,4,6-10,12,19H,3,5,11,13-15H2,1H3,(H,27,30)/t19-/m0/s1. The van der Waals surface area contributed by atoms with Gasteiger partial charge in [0.15, 0.2) is 0 Å². The van der Waals surface area contributed by atoms with Crippen molar-refractivity contribution in [3.63, 3.8) is 0 Å². The molecule has 1 N–H and O–H groups in total. The zero-order valence-corrected chi connectivity index (χ0v) is 18.9. The van der Waals surface area contributed by atoms with Crippen molar-refractivity contribution < 1.29 is 9.21 Å². The molecule has 31 heavy (non-hydrogen) atoms. The number of carbonyl (C=O) groups excluding carboxylic acids is 1. The Kier molecular flexibility index (Phi) is 6.96. The summed E-state index contributed by atoms with van der Waals surface area (Å²) in [6.45, 7) is 4.76. The molecule has 1 atom stereocenters. The van der Waals surface area contributed by atoms with Gasteiger partial charge in [0.25, 0.3) is 0 Å². The van der Waals surface area contributed by atoms with Crippen LogP contribution in [-0.2, 0) is 17.9 Å². The van der Waals surface area contributed by atoms with Crippen LogP contribution < -0.4 is 5.32 Å². The summed E-state index contributed by atoms with van der Waals surface area (Å²) >= 11 is 12.0. The molecule has 1 aliphatic heterocycles. The van der Waals surface area contributed by atoms with Gasteiger partial charge in [-0.05, 0) is 62.2 Å². The molecule has 1 saturated heterocycles. The Morgan fingerprint density at radius 2 is 2.00 bits per heavy atom. The highest BCUT2D eigenvalue weighted by atomic mass is 35.5. The number of hydrogen-bond donors (Lipinski definition) is 1. The first-order chi connectivity index (χ1) is 15.0. The molecule has 3 aromatic rings. The van der Waals surface area contributed by atoms with Crippen molar-refractivity contribution in [2.45, 2.75) is 32.9 Å². The van der Waals surface area contributed by atoms with Crippen LogP contribution in [0.1, 0.15) is 29.9 Å². The zero-order chi connectivity index (χ0) is 21.8. The molecule has 1 aliphatic rings. The van der Waals surface area contributed by atoms with Gasteiger partial charge in [-0.3, -0.25) is 9.69 Å². The van der Waals surface area contributed by atoms with Crippen LogP contribution in [0.15, 0.2) is 52.9 Å². The van der Waals surface area contributed by atoms with Crippen molar-refractivity contribution in [2.75, 3.05) is 13.1 Å². The second kappa shape index (κ2) is 9.86. The number of piperidine rings is 1. The molecule has 0 bridgehead atoms. The summed E-state index contributed by atoms with van der Waals surface area (Å²) in [5.41, 5.74) is 2.80. The minimum absolute atomic E-state index is 0.0272. The van der Waals surface area contributed by atoms with E-state index in [1.165, 1.54) is 0 Å². The minimum atomic E-state index is -0.0272. The number of benzene rings is 2. The summed E-state index contributed by atoms with van der Waals surface area (Å²) in [5.74, 6) is 1.44. The first-order valence-electron chi connectivity index (χ1n) is 10.4. The van der Waals surface area contributed by atoms with E-state index in [0.717, 1.165) is 42.0 Å². The third-order valence-electron chi connectivity index (χ3n) is 5.59. The number of hydrogen-bond acceptors (Lipinski definition) is 4. The number of nitrogens with one attached hydrogen (secondary N) is 1. The van der Waals surface area contributed by atoms with Gasteiger partial charge < -0.3 is 9.73 Å². The first-order valence-corrected chi connectivity index (χ1v) is 11.2. The number of halogens is 2. The Morgan fingerprint density at radius 1 is 1.19 bits per heavy atom. The van der Waals surface area contributed by atoms with Gasteiger partial charge in [-0.1, -0.05) is 41.4 Å². The summed E-state index contributed by atoms with van der Waals surface area (Å²) < 4.78 is 5.88. The van der Waals surface area contributed by atoms with Crippen molar-refractivity contribution in [2.24, 2.45) is 5.92 Å². The maximum atomic E-state index is 12.7. The van der Waals surface area contributed by atoms with Gasteiger partial charge in [0.1, 0.15) is 5.76 Å². The van der Waals surface area contributed by atoms with Gasteiger partial charge in [-0.15, -0.1) is 0 Å². The molecule has 7 heteroatoms. The number of aromatic nitrogens is 1. The van der Waals surface area contributed by atoms with Crippen LogP contribution in [0.3, 0.4) is 0 Å². The largest absolute Gasteiger partial charge is 0.441 e. The number of carbonyl (C=O) groups is 1. The lowest BCUT2D eigenvalue weighted by Gasteiger charge is -2.31. The Bertz CT molecular complexity index is 1050. The van der Waals surface area contributed by atoms with E-state index in [0.29, 0.717) is 35.6 Å². The van der Waals surface area contributed by atoms with Gasteiger partial charge in [0, 0.05) is 35.2 Å². The third-order valence-corrected chi connectivity index (χ3v) is 6.08. The summed E-state index contributed by atoms with van der Waals surface area (Å²) in [6.07, 6.45) is 1.88. The fourth-order valence-electron chi connectivity index (χ4n) is 3.88. The van der Waals surface area contributed by atoms with Crippen LogP contribution in [0, 0.1) is 12.8 Å². The zero-order valence-electron chi connectivity index (χ0n) is 17.4. The molecule has 0 aliphatic carbocycles. The van der Waals surface area contributed by atoms with E-state index >= 15 is 0 Å². The second-order valence-corrected chi connectivity index (χ2v) is 8.82. The molecular formula is C24H25Cl2N3O2. The van der Waals surface area contributed by atoms with Crippen molar-refractivity contribution in [1.82, 2.24) is 15.2 Å². The molecular weight excluding hydrogens is 433 g/mol. The Labute approximate surface area is 192 Å². The van der Waals surface area contributed by atoms with Gasteiger partial charge in [-0.2, -0.15) is 0 Å². The van der Waals surface area contributed by atoms with Crippen LogP contribution in [0.2, 0.25) is 10.0 Å². The number of amides is 1. The minimum Gasteiger partial charge on any atom is -0.441 e. The Morgan fingerprint density at radius 3 is 2.77 bits per heavy atom. The lowest BCUT2D eigenvalue weighted by atomic mass is 9.97. The summed E-state index contributed by atoms with van der Waals surface area (Å²) in [7, 11) is 0. The lowest BCUT2D eigenvalue weighted by Crippen LogP contribution is -2.42. The Hall–Kier alpha value is -2.34. The molecule has 0 spiro atoms. The van der Waals surface area contributed by atoms with Crippen LogP contribution >= 0.6 is 23.2 Å². The number of aryl methyl sites for hydroxylation is 1. The van der Waals surface area contributed by atoms with E-state index in [1.807, 2.05) is 55.5 Å². The van der Waals surface area contributed by atoms with Crippen molar-refractivity contribution in [3.8, 4) is 11.5 Å². The fraction of sp³-hybridized carbons (Fsp3) is 0.333. The number of rotatable bonds is 6. The summed E-state index contributed by atoms with van der Waals surface area (Å²) in [4.78, 5) is 19.7. The van der Waals surface area contributed by atoms with Crippen molar-refractivity contribution in [3.05, 3.63) is 75.6 Å². The van der Waals surface area contributed by atoms with E-state index in [4.69, 9.17) is 27.6 Å². The SMILES string of the molecule is Cc1oc(-c2cccc(Cl)c2)nc1CN1CCC[C@H](C(=O)NCc2ccc(Cl)cc2)C1. The molecule has 0 radical (unpaired) electrons. The lowest BCUT2D eigenvalue weighted by molar-refractivity contribution is -0.127. The molecule has 1 amide bonds. The molecule has 1 aromatic heterocycles. The average molecular weight is 458 g/mol. The molecule has 5 nitrogen and oxygen atoms in total. The monoisotopic (exact) mass is 457 g/mol. The fourth-order valence-corrected chi connectivity index (χ4v) is 4.20. The van der Waals surface area contributed by atoms with Crippen molar-refractivity contribution in [1.29, 1.82) is 0 Å². The van der Waals surface area contributed by atoms with E-state index in [2.05, 4.69) is 15.2 Å². The molecule has 1 fully saturated rings. The van der Waals surface area contributed by atoms with Gasteiger partial charge in [0.05, 0.1) is 11.6 Å². The molecule has 162 valence electrons. The highest BCUT2D eigenvalue weighted by Gasteiger charge is 2.27. The maximum absolute atomic E-state index is 12.7. The van der Waals surface area contributed by atoms with Gasteiger partial charge >= 0.3 is 0 Å². The van der Waals surface area contributed by atoms with E-state index in [-0.39, 0.29) is 11.8 Å². The van der Waals surface area contributed by atoms with Crippen molar-refractivity contribution >= 4 is 29.1 Å². The number of nitrogens with zero attached hydrogens (tertiary/aromatic N) is 2. The van der Waals surface area contributed by atoms with Gasteiger partial charge in [0.2, 0.25) is 11.8 Å². The molecule has 4 rings (SSSR count). The van der Waals surface area contributed by atoms with Gasteiger partial charge in [-0.25, -0.2) is 4.98 Å². The second-order valence-electron chi connectivity index (χ2n) is 7.95. The predicted octanol–water partition coefficient (Wildman–Crippen LogP) is 5.49. The highest BCUT2D eigenvalue weighted by molar-refractivity contribution is 6.31. The van der Waals surface area contributed by atoms with Crippen LogP contribution in [0.5, 0.6) is 0 Å². The summed E-state index contributed by atoms with van der Waals surface area (Å²) in [6, 6.07) is 15.0. The predicted molar refractivity (Wildman–Crippen MR) is 123 cm³/mol. The third kappa shape index (κ3) is 5.67. The quantitative estimate of drug-likeness (QED) is 0.531. The van der Waals surface area contributed by atoms with E-state index in [1.54, 1.807) is 0 Å². The first kappa shape index (κ1) is 21.9. The molecule has 2 heterocycles. The molecule has 2 aromatic carbocycles. The molecule has 0 saturated carbocycles. The summed E-state index contributed by atoms with van der Waals surface area (Å²) in [5, 5.41) is 4.40. The average Bonchev–Trinajstić information content (AvgIpc) is 3.13. The normalized spacial score (nSPS) is 16.9.